The number of nitrogens with one attached hydrogen (secondary N) is 1. The monoisotopic (exact) mass is 472 g/mol. The minimum absolute atomic E-state index is 0.274. The predicted molar refractivity (Wildman–Crippen MR) is 131 cm³/mol. The van der Waals surface area contributed by atoms with Gasteiger partial charge in [-0.15, -0.1) is 0 Å². The fourth-order valence-corrected chi connectivity index (χ4v) is 4.29. The molecule has 1 aliphatic rings. The smallest absolute Gasteiger partial charge is 0.309 e. The molecule has 3 aromatic rings. The second kappa shape index (κ2) is 10.8. The molecule has 180 valence electrons. The van der Waals surface area contributed by atoms with Crippen LogP contribution in [0.5, 0.6) is 0 Å². The lowest BCUT2D eigenvalue weighted by molar-refractivity contribution is -0.152. The molecule has 1 aliphatic heterocycles. The topological polar surface area (TPSA) is 113 Å². The second-order valence-electron chi connectivity index (χ2n) is 8.58. The predicted octanol–water partition coefficient (Wildman–Crippen LogP) is 3.21. The number of rotatable bonds is 7. The number of amides is 1. The lowest BCUT2D eigenvalue weighted by Crippen LogP contribution is -2.38. The maximum Gasteiger partial charge on any atom is 0.309 e. The van der Waals surface area contributed by atoms with E-state index in [0.717, 1.165) is 16.8 Å². The molecule has 3 heterocycles. The summed E-state index contributed by atoms with van der Waals surface area (Å²) >= 11 is 0. The minimum Gasteiger partial charge on any atom is -0.455 e. The minimum atomic E-state index is -0.475. The van der Waals surface area contributed by atoms with E-state index >= 15 is 0 Å². The molecule has 35 heavy (non-hydrogen) atoms. The van der Waals surface area contributed by atoms with Gasteiger partial charge in [0, 0.05) is 37.7 Å². The van der Waals surface area contributed by atoms with Crippen molar-refractivity contribution in [2.24, 2.45) is 5.92 Å². The molecule has 1 aromatic carbocycles. The molecule has 1 saturated heterocycles. The fourth-order valence-electron chi connectivity index (χ4n) is 4.29. The number of esters is 1. The van der Waals surface area contributed by atoms with E-state index in [1.165, 1.54) is 0 Å². The molecule has 0 spiro atoms. The van der Waals surface area contributed by atoms with Gasteiger partial charge in [-0.1, -0.05) is 30.3 Å². The Hall–Kier alpha value is -4.19. The quantitative estimate of drug-likeness (QED) is 0.525. The Balaban J connectivity index is 1.35. The van der Waals surface area contributed by atoms with Crippen LogP contribution in [0.3, 0.4) is 0 Å². The molecule has 0 saturated carbocycles. The summed E-state index contributed by atoms with van der Waals surface area (Å²) in [7, 11) is 0. The Morgan fingerprint density at radius 1 is 1.11 bits per heavy atom. The summed E-state index contributed by atoms with van der Waals surface area (Å²) in [5, 5.41) is 12.5. The molecule has 1 fully saturated rings. The van der Waals surface area contributed by atoms with Crippen molar-refractivity contribution < 1.29 is 14.3 Å². The molecule has 0 unspecified atom stereocenters. The fraction of sp³-hybridized carbons (Fsp3) is 0.346. The number of ether oxygens (including phenoxy) is 1. The van der Waals surface area contributed by atoms with Crippen molar-refractivity contribution in [3.8, 4) is 6.07 Å². The maximum atomic E-state index is 12.7. The zero-order chi connectivity index (χ0) is 24.8. The Morgan fingerprint density at radius 2 is 1.80 bits per heavy atom. The van der Waals surface area contributed by atoms with Crippen molar-refractivity contribution in [3.63, 3.8) is 0 Å². The van der Waals surface area contributed by atoms with E-state index in [1.54, 1.807) is 18.5 Å². The molecule has 0 radical (unpaired) electrons. The Bertz CT molecular complexity index is 1230. The zero-order valence-electron chi connectivity index (χ0n) is 19.9. The van der Waals surface area contributed by atoms with E-state index in [9.17, 15) is 14.9 Å². The van der Waals surface area contributed by atoms with Crippen molar-refractivity contribution in [1.82, 2.24) is 14.5 Å². The first-order valence-corrected chi connectivity index (χ1v) is 11.6. The van der Waals surface area contributed by atoms with Crippen LogP contribution in [-0.4, -0.2) is 46.1 Å². The highest BCUT2D eigenvalue weighted by atomic mass is 16.5. The van der Waals surface area contributed by atoms with Crippen LogP contribution in [0.1, 0.15) is 35.2 Å². The van der Waals surface area contributed by atoms with Crippen LogP contribution in [0.25, 0.3) is 0 Å². The molecule has 0 aliphatic carbocycles. The van der Waals surface area contributed by atoms with Gasteiger partial charge < -0.3 is 19.5 Å². The highest BCUT2D eigenvalue weighted by molar-refractivity contribution is 5.94. The molecule has 0 atom stereocenters. The van der Waals surface area contributed by atoms with Gasteiger partial charge in [0.05, 0.1) is 11.5 Å². The number of hydrogen-bond acceptors (Lipinski definition) is 7. The number of nitriles is 1. The van der Waals surface area contributed by atoms with Crippen molar-refractivity contribution in [2.75, 3.05) is 29.9 Å². The SMILES string of the molecule is Cc1c(C#N)c(NC(=O)COC(=O)C2CCN(c3ncccn3)CC2)n(Cc2ccccc2)c1C. The molecule has 4 rings (SSSR count). The van der Waals surface area contributed by atoms with Crippen molar-refractivity contribution in [1.29, 1.82) is 5.26 Å². The maximum absolute atomic E-state index is 12.7. The molecule has 1 amide bonds. The third kappa shape index (κ3) is 5.49. The number of hydrogen-bond donors (Lipinski definition) is 1. The highest BCUT2D eigenvalue weighted by Crippen LogP contribution is 2.27. The molecule has 0 bridgehead atoms. The van der Waals surface area contributed by atoms with E-state index in [0.29, 0.717) is 49.8 Å². The number of carbonyl (C=O) groups excluding carboxylic acids is 2. The molecule has 2 aromatic heterocycles. The number of anilines is 2. The first-order chi connectivity index (χ1) is 17.0. The standard InChI is InChI=1S/C26H28N6O3/c1-18-19(2)32(16-20-7-4-3-5-8-20)24(22(18)15-27)30-23(33)17-35-25(34)21-9-13-31(14-10-21)26-28-11-6-12-29-26/h3-8,11-12,21H,9-10,13-14,16-17H2,1-2H3,(H,30,33). The van der Waals surface area contributed by atoms with E-state index in [1.807, 2.05) is 53.6 Å². The van der Waals surface area contributed by atoms with Gasteiger partial charge in [0.2, 0.25) is 5.95 Å². The number of piperidine rings is 1. The van der Waals surface area contributed by atoms with Gasteiger partial charge in [0.25, 0.3) is 5.91 Å². The molecular formula is C26H28N6O3. The summed E-state index contributed by atoms with van der Waals surface area (Å²) in [5.74, 6) is -0.0679. The van der Waals surface area contributed by atoms with E-state index in [2.05, 4.69) is 21.4 Å². The van der Waals surface area contributed by atoms with Gasteiger partial charge in [-0.2, -0.15) is 5.26 Å². The largest absolute Gasteiger partial charge is 0.455 e. The summed E-state index contributed by atoms with van der Waals surface area (Å²) < 4.78 is 7.24. The summed E-state index contributed by atoms with van der Waals surface area (Å²) in [6, 6.07) is 13.8. The van der Waals surface area contributed by atoms with Crippen LogP contribution in [0, 0.1) is 31.1 Å². The Kier molecular flexibility index (Phi) is 7.41. The Labute approximate surface area is 204 Å². The zero-order valence-corrected chi connectivity index (χ0v) is 19.9. The van der Waals surface area contributed by atoms with E-state index < -0.39 is 12.5 Å². The lowest BCUT2D eigenvalue weighted by atomic mass is 9.97. The average molecular weight is 473 g/mol. The highest BCUT2D eigenvalue weighted by Gasteiger charge is 2.28. The van der Waals surface area contributed by atoms with Crippen molar-refractivity contribution >= 4 is 23.6 Å². The van der Waals surface area contributed by atoms with Gasteiger partial charge >= 0.3 is 5.97 Å². The lowest BCUT2D eigenvalue weighted by Gasteiger charge is -2.30. The summed E-state index contributed by atoms with van der Waals surface area (Å²) in [6.07, 6.45) is 4.60. The molecular weight excluding hydrogens is 444 g/mol. The van der Waals surface area contributed by atoms with Gasteiger partial charge in [0.1, 0.15) is 11.9 Å². The number of aromatic nitrogens is 3. The van der Waals surface area contributed by atoms with Crippen LogP contribution in [-0.2, 0) is 20.9 Å². The van der Waals surface area contributed by atoms with Gasteiger partial charge in [-0.3, -0.25) is 9.59 Å². The summed E-state index contributed by atoms with van der Waals surface area (Å²) in [4.78, 5) is 35.8. The second-order valence-corrected chi connectivity index (χ2v) is 8.58. The molecule has 9 nitrogen and oxygen atoms in total. The molecule has 9 heteroatoms. The van der Waals surface area contributed by atoms with Gasteiger partial charge in [-0.25, -0.2) is 9.97 Å². The van der Waals surface area contributed by atoms with Gasteiger partial charge in [0.15, 0.2) is 6.61 Å². The normalized spacial score (nSPS) is 13.8. The van der Waals surface area contributed by atoms with Crippen LogP contribution < -0.4 is 10.2 Å². The average Bonchev–Trinajstić information content (AvgIpc) is 3.12. The van der Waals surface area contributed by atoms with Crippen LogP contribution in [0.4, 0.5) is 11.8 Å². The third-order valence-electron chi connectivity index (χ3n) is 6.39. The van der Waals surface area contributed by atoms with E-state index in [-0.39, 0.29) is 11.9 Å². The first kappa shape index (κ1) is 24.0. The van der Waals surface area contributed by atoms with Crippen molar-refractivity contribution in [3.05, 3.63) is 71.2 Å². The van der Waals surface area contributed by atoms with Crippen LogP contribution >= 0.6 is 0 Å². The van der Waals surface area contributed by atoms with Crippen LogP contribution in [0.15, 0.2) is 48.8 Å². The number of carbonyl (C=O) groups is 2. The Morgan fingerprint density at radius 3 is 2.46 bits per heavy atom. The van der Waals surface area contributed by atoms with E-state index in [4.69, 9.17) is 4.74 Å². The number of nitrogens with zero attached hydrogens (tertiary/aromatic N) is 5. The summed E-state index contributed by atoms with van der Waals surface area (Å²) in [5.41, 5.74) is 3.16. The third-order valence-corrected chi connectivity index (χ3v) is 6.39. The van der Waals surface area contributed by atoms with Crippen molar-refractivity contribution in [2.45, 2.75) is 33.2 Å². The van der Waals surface area contributed by atoms with Gasteiger partial charge in [-0.05, 0) is 43.9 Å². The summed E-state index contributed by atoms with van der Waals surface area (Å²) in [6.45, 7) is 5.17. The molecule has 1 N–H and O–H groups in total. The number of benzene rings is 1. The first-order valence-electron chi connectivity index (χ1n) is 11.6. The van der Waals surface area contributed by atoms with Crippen LogP contribution in [0.2, 0.25) is 0 Å².